The first-order valence-electron chi connectivity index (χ1n) is 10.2. The molecule has 5 rings (SSSR count). The number of hydrogen-bond donors (Lipinski definition) is 1. The molecule has 2 N–H and O–H groups in total. The Labute approximate surface area is 194 Å². The summed E-state index contributed by atoms with van der Waals surface area (Å²) in [6.07, 6.45) is 5.30. The predicted octanol–water partition coefficient (Wildman–Crippen LogP) is 2.75. The van der Waals surface area contributed by atoms with Crippen molar-refractivity contribution in [2.45, 2.75) is 6.54 Å². The number of aryl methyl sites for hydroxylation is 1. The van der Waals surface area contributed by atoms with Crippen LogP contribution < -0.4 is 20.1 Å². The Balaban J connectivity index is 1.62. The first-order chi connectivity index (χ1) is 16.5. The highest BCUT2D eigenvalue weighted by molar-refractivity contribution is 5.77. The number of nitrogens with two attached hydrogens (primary N) is 1. The lowest BCUT2D eigenvalue weighted by atomic mass is 10.2. The lowest BCUT2D eigenvalue weighted by molar-refractivity contribution is 0.394. The first kappa shape index (κ1) is 21.1. The van der Waals surface area contributed by atoms with E-state index in [1.165, 1.54) is 0 Å². The Morgan fingerprint density at radius 2 is 1.82 bits per heavy atom. The number of aromatic nitrogens is 7. The van der Waals surface area contributed by atoms with Gasteiger partial charge in [-0.3, -0.25) is 9.67 Å². The largest absolute Gasteiger partial charge is 0.497 e. The van der Waals surface area contributed by atoms with Crippen LogP contribution >= 0.6 is 0 Å². The van der Waals surface area contributed by atoms with Crippen LogP contribution in [0.4, 0.5) is 17.5 Å². The molecule has 0 saturated heterocycles. The van der Waals surface area contributed by atoms with E-state index < -0.39 is 0 Å². The van der Waals surface area contributed by atoms with Crippen LogP contribution in [0.1, 0.15) is 5.89 Å². The summed E-state index contributed by atoms with van der Waals surface area (Å²) in [7, 11) is 5.02. The number of rotatable bonds is 7. The molecule has 0 atom stereocenters. The lowest BCUT2D eigenvalue weighted by Gasteiger charge is -2.23. The highest BCUT2D eigenvalue weighted by Crippen LogP contribution is 2.34. The minimum absolute atomic E-state index is 0.0170. The van der Waals surface area contributed by atoms with E-state index in [0.717, 1.165) is 11.3 Å². The zero-order chi connectivity index (χ0) is 23.7. The van der Waals surface area contributed by atoms with E-state index in [0.29, 0.717) is 40.1 Å². The molecule has 0 spiro atoms. The van der Waals surface area contributed by atoms with Gasteiger partial charge < -0.3 is 24.5 Å². The number of ether oxygens (including phenoxy) is 2. The zero-order valence-electron chi connectivity index (χ0n) is 18.7. The van der Waals surface area contributed by atoms with Crippen molar-refractivity contribution in [1.82, 2.24) is 34.9 Å². The second kappa shape index (κ2) is 8.65. The Kier molecular flexibility index (Phi) is 5.38. The van der Waals surface area contributed by atoms with Crippen LogP contribution in [0.2, 0.25) is 0 Å². The molecule has 5 aromatic rings. The van der Waals surface area contributed by atoms with Crippen LogP contribution in [0.5, 0.6) is 11.5 Å². The molecule has 0 aliphatic heterocycles. The molecule has 0 amide bonds. The summed E-state index contributed by atoms with van der Waals surface area (Å²) in [4.78, 5) is 15.9. The van der Waals surface area contributed by atoms with Crippen LogP contribution in [-0.4, -0.2) is 49.1 Å². The van der Waals surface area contributed by atoms with Gasteiger partial charge in [-0.05, 0) is 12.1 Å². The maximum atomic E-state index is 5.63. The summed E-state index contributed by atoms with van der Waals surface area (Å²) < 4.78 is 18.0. The van der Waals surface area contributed by atoms with Crippen molar-refractivity contribution in [2.75, 3.05) is 24.9 Å². The number of nitrogen functional groups attached to an aromatic ring is 1. The molecule has 1 aromatic carbocycles. The van der Waals surface area contributed by atoms with Gasteiger partial charge in [-0.25, -0.2) is 9.97 Å². The molecule has 12 nitrogen and oxygen atoms in total. The van der Waals surface area contributed by atoms with E-state index in [1.54, 1.807) is 37.4 Å². The zero-order valence-corrected chi connectivity index (χ0v) is 18.7. The van der Waals surface area contributed by atoms with Gasteiger partial charge in [0, 0.05) is 37.0 Å². The average molecular weight is 459 g/mol. The summed E-state index contributed by atoms with van der Waals surface area (Å²) in [6, 6.07) is 9.16. The number of anilines is 3. The first-order valence-corrected chi connectivity index (χ1v) is 10.2. The van der Waals surface area contributed by atoms with Gasteiger partial charge in [0.1, 0.15) is 29.4 Å². The van der Waals surface area contributed by atoms with Gasteiger partial charge in [0.2, 0.25) is 5.89 Å². The highest BCUT2D eigenvalue weighted by Gasteiger charge is 2.19. The van der Waals surface area contributed by atoms with E-state index in [9.17, 15) is 0 Å². The van der Waals surface area contributed by atoms with Crippen molar-refractivity contribution in [1.29, 1.82) is 0 Å². The maximum absolute atomic E-state index is 5.63. The van der Waals surface area contributed by atoms with Crippen LogP contribution in [-0.2, 0) is 13.6 Å². The molecule has 4 heterocycles. The Morgan fingerprint density at radius 1 is 1.03 bits per heavy atom. The van der Waals surface area contributed by atoms with Gasteiger partial charge in [0.25, 0.3) is 0 Å². The van der Waals surface area contributed by atoms with Gasteiger partial charge >= 0.3 is 6.01 Å². The highest BCUT2D eigenvalue weighted by atomic mass is 16.5. The number of hydrogen-bond acceptors (Lipinski definition) is 11. The topological polar surface area (TPSA) is 143 Å². The summed E-state index contributed by atoms with van der Waals surface area (Å²) in [6.45, 7) is 0.203. The molecule has 0 aliphatic carbocycles. The fourth-order valence-electron chi connectivity index (χ4n) is 3.45. The molecule has 12 heteroatoms. The fraction of sp³-hybridized carbons (Fsp3) is 0.182. The average Bonchev–Trinajstić information content (AvgIpc) is 3.49. The molecule has 0 saturated carbocycles. The van der Waals surface area contributed by atoms with E-state index in [-0.39, 0.29) is 12.6 Å². The minimum Gasteiger partial charge on any atom is -0.497 e. The molecule has 0 fully saturated rings. The molecule has 0 radical (unpaired) electrons. The van der Waals surface area contributed by atoms with Gasteiger partial charge in [-0.2, -0.15) is 5.10 Å². The van der Waals surface area contributed by atoms with Crippen LogP contribution in [0, 0.1) is 0 Å². The Bertz CT molecular complexity index is 1440. The fourth-order valence-corrected chi connectivity index (χ4v) is 3.45. The van der Waals surface area contributed by atoms with Crippen LogP contribution in [0.15, 0.2) is 53.3 Å². The van der Waals surface area contributed by atoms with Gasteiger partial charge in [-0.15, -0.1) is 5.10 Å². The predicted molar refractivity (Wildman–Crippen MR) is 124 cm³/mol. The van der Waals surface area contributed by atoms with Gasteiger partial charge in [-0.1, -0.05) is 5.10 Å². The number of fused-ring (bicyclic) bond motifs is 1. The van der Waals surface area contributed by atoms with Crippen molar-refractivity contribution in [3.05, 3.63) is 54.8 Å². The smallest absolute Gasteiger partial charge is 0.312 e. The number of nitrogens with zero attached hydrogens (tertiary/aromatic N) is 8. The number of pyridine rings is 1. The van der Waals surface area contributed by atoms with E-state index in [4.69, 9.17) is 29.6 Å². The Morgan fingerprint density at radius 3 is 2.47 bits per heavy atom. The van der Waals surface area contributed by atoms with Crippen LogP contribution in [0.25, 0.3) is 22.4 Å². The molecule has 0 bridgehead atoms. The lowest BCUT2D eigenvalue weighted by Crippen LogP contribution is -2.18. The molecule has 0 aliphatic rings. The van der Waals surface area contributed by atoms with Crippen molar-refractivity contribution >= 4 is 28.7 Å². The standard InChI is InChI=1S/C22H21N9O3/c1-30-11-13(9-25-30)18-10-24-17-4-5-19(27-21(17)26-18)31(12-20-28-29-22(23)34-20)14-6-15(32-2)8-16(7-14)33-3/h4-11H,12H2,1-3H3,(H2,23,29). The summed E-state index contributed by atoms with van der Waals surface area (Å²) in [5, 5.41) is 12.0. The quantitative estimate of drug-likeness (QED) is 0.383. The minimum atomic E-state index is -0.0170. The third-order valence-corrected chi connectivity index (χ3v) is 5.09. The van der Waals surface area contributed by atoms with E-state index in [2.05, 4.69) is 20.3 Å². The molecule has 4 aromatic heterocycles. The molecule has 0 unspecified atom stereocenters. The SMILES string of the molecule is COc1cc(OC)cc(N(Cc2nnc(N)o2)c2ccc3ncc(-c4cnn(C)c4)nc3n2)c1. The normalized spacial score (nSPS) is 11.0. The Hall–Kier alpha value is -4.74. The van der Waals surface area contributed by atoms with E-state index in [1.807, 2.05) is 42.4 Å². The second-order valence-electron chi connectivity index (χ2n) is 7.36. The third-order valence-electron chi connectivity index (χ3n) is 5.09. The van der Waals surface area contributed by atoms with Crippen molar-refractivity contribution in [3.8, 4) is 22.8 Å². The maximum Gasteiger partial charge on any atom is 0.312 e. The number of methoxy groups -OCH3 is 2. The van der Waals surface area contributed by atoms with Crippen molar-refractivity contribution in [2.24, 2.45) is 7.05 Å². The summed E-state index contributed by atoms with van der Waals surface area (Å²) >= 11 is 0. The number of benzene rings is 1. The summed E-state index contributed by atoms with van der Waals surface area (Å²) in [5.74, 6) is 2.13. The van der Waals surface area contributed by atoms with Crippen molar-refractivity contribution in [3.63, 3.8) is 0 Å². The van der Waals surface area contributed by atoms with E-state index >= 15 is 0 Å². The third kappa shape index (κ3) is 4.16. The molecule has 34 heavy (non-hydrogen) atoms. The second-order valence-corrected chi connectivity index (χ2v) is 7.36. The molecule has 172 valence electrons. The summed E-state index contributed by atoms with van der Waals surface area (Å²) in [5.41, 5.74) is 9.01. The molecular weight excluding hydrogens is 438 g/mol. The van der Waals surface area contributed by atoms with Gasteiger partial charge in [0.15, 0.2) is 5.65 Å². The van der Waals surface area contributed by atoms with Crippen LogP contribution in [0.3, 0.4) is 0 Å². The molecular formula is C22H21N9O3. The monoisotopic (exact) mass is 459 g/mol. The van der Waals surface area contributed by atoms with Crippen molar-refractivity contribution < 1.29 is 13.9 Å². The van der Waals surface area contributed by atoms with Gasteiger partial charge in [0.05, 0.1) is 38.0 Å².